The van der Waals surface area contributed by atoms with Gasteiger partial charge in [-0.3, -0.25) is 0 Å². The number of ketones is 1. The van der Waals surface area contributed by atoms with Crippen LogP contribution in [0, 0.1) is 17.8 Å². The average Bonchev–Trinajstić information content (AvgIpc) is 2.60. The summed E-state index contributed by atoms with van der Waals surface area (Å²) in [4.78, 5) is 22.7. The van der Waals surface area contributed by atoms with Gasteiger partial charge < -0.3 is 9.53 Å². The number of fused-ring (bicyclic) bond motifs is 1. The number of Topliss-reactive ketones (excluding diaryl/α,β-unsaturated/α-hetero) is 1. The van der Waals surface area contributed by atoms with Crippen molar-refractivity contribution >= 4 is 11.8 Å². The third kappa shape index (κ3) is 3.26. The molecule has 2 rings (SSSR count). The van der Waals surface area contributed by atoms with E-state index in [1.54, 1.807) is 6.92 Å². The Hall–Kier alpha value is -1.12. The minimum atomic E-state index is -0.204. The summed E-state index contributed by atoms with van der Waals surface area (Å²) >= 11 is 0. The van der Waals surface area contributed by atoms with Gasteiger partial charge in [-0.25, -0.2) is 4.79 Å². The zero-order valence-electron chi connectivity index (χ0n) is 12.0. The molecule has 0 amide bonds. The number of carbonyl (C=O) groups is 2. The van der Waals surface area contributed by atoms with Crippen LogP contribution in [-0.2, 0) is 14.3 Å². The van der Waals surface area contributed by atoms with E-state index in [1.165, 1.54) is 0 Å². The van der Waals surface area contributed by atoms with E-state index in [1.807, 2.05) is 0 Å². The maximum absolute atomic E-state index is 11.6. The van der Waals surface area contributed by atoms with E-state index in [0.717, 1.165) is 32.1 Å². The predicted molar refractivity (Wildman–Crippen MR) is 73.5 cm³/mol. The van der Waals surface area contributed by atoms with Gasteiger partial charge in [0.25, 0.3) is 0 Å². The Kier molecular flexibility index (Phi) is 4.43. The normalized spacial score (nSPS) is 35.3. The molecule has 0 aromatic rings. The molecule has 0 radical (unpaired) electrons. The lowest BCUT2D eigenvalue weighted by atomic mass is 9.75. The zero-order valence-corrected chi connectivity index (χ0v) is 12.0. The zero-order chi connectivity index (χ0) is 14.0. The number of carbonyl (C=O) groups excluding carboxylic acids is 2. The Morgan fingerprint density at radius 3 is 2.74 bits per heavy atom. The van der Waals surface area contributed by atoms with Crippen molar-refractivity contribution < 1.29 is 14.3 Å². The highest BCUT2D eigenvalue weighted by Gasteiger charge is 2.40. The van der Waals surface area contributed by atoms with Crippen molar-refractivity contribution in [1.82, 2.24) is 0 Å². The van der Waals surface area contributed by atoms with Crippen LogP contribution in [0.1, 0.15) is 52.4 Å². The second-order valence-corrected chi connectivity index (χ2v) is 6.21. The highest BCUT2D eigenvalue weighted by molar-refractivity contribution is 5.90. The van der Waals surface area contributed by atoms with Gasteiger partial charge in [-0.1, -0.05) is 13.5 Å². The van der Waals surface area contributed by atoms with E-state index in [0.29, 0.717) is 23.8 Å². The van der Waals surface area contributed by atoms with E-state index < -0.39 is 0 Å². The number of rotatable bonds is 3. The van der Waals surface area contributed by atoms with Gasteiger partial charge in [-0.2, -0.15) is 0 Å². The van der Waals surface area contributed by atoms with Crippen LogP contribution in [-0.4, -0.2) is 17.9 Å². The smallest absolute Gasteiger partial charge is 0.334 e. The molecule has 0 N–H and O–H groups in total. The van der Waals surface area contributed by atoms with Gasteiger partial charge in [-0.05, 0) is 50.9 Å². The average molecular weight is 264 g/mol. The first kappa shape index (κ1) is 14.3. The first-order chi connectivity index (χ1) is 8.99. The SMILES string of the molecule is C=C1C(=O)OC2CCC(C)C(CCC(C)=O)CCC12. The highest BCUT2D eigenvalue weighted by Crippen LogP contribution is 2.40. The molecule has 0 aromatic heterocycles. The van der Waals surface area contributed by atoms with Crippen LogP contribution in [0.4, 0.5) is 0 Å². The Morgan fingerprint density at radius 2 is 2.05 bits per heavy atom. The fraction of sp³-hybridized carbons (Fsp3) is 0.750. The molecule has 4 unspecified atom stereocenters. The molecular formula is C16H24O3. The molecule has 19 heavy (non-hydrogen) atoms. The van der Waals surface area contributed by atoms with Crippen LogP contribution in [0.5, 0.6) is 0 Å². The quantitative estimate of drug-likeness (QED) is 0.580. The van der Waals surface area contributed by atoms with Crippen LogP contribution >= 0.6 is 0 Å². The van der Waals surface area contributed by atoms with Crippen molar-refractivity contribution in [3.8, 4) is 0 Å². The summed E-state index contributed by atoms with van der Waals surface area (Å²) in [5.41, 5.74) is 0.657. The summed E-state index contributed by atoms with van der Waals surface area (Å²) in [6, 6.07) is 0. The van der Waals surface area contributed by atoms with E-state index in [9.17, 15) is 9.59 Å². The Bertz CT molecular complexity index is 385. The number of ether oxygens (including phenoxy) is 1. The number of esters is 1. The molecule has 1 aliphatic carbocycles. The molecule has 0 bridgehead atoms. The van der Waals surface area contributed by atoms with Crippen LogP contribution in [0.3, 0.4) is 0 Å². The summed E-state index contributed by atoms with van der Waals surface area (Å²) in [6.45, 7) is 7.80. The van der Waals surface area contributed by atoms with Gasteiger partial charge in [0, 0.05) is 17.9 Å². The van der Waals surface area contributed by atoms with Crippen LogP contribution in [0.15, 0.2) is 12.2 Å². The minimum Gasteiger partial charge on any atom is -0.458 e. The number of hydrogen-bond donors (Lipinski definition) is 0. The number of hydrogen-bond acceptors (Lipinski definition) is 3. The molecule has 1 saturated carbocycles. The molecule has 0 aromatic carbocycles. The molecule has 1 heterocycles. The standard InChI is InChI=1S/C16H24O3/c1-10-4-9-15-14(12(3)16(18)19-15)8-7-13(10)6-5-11(2)17/h10,13-15H,3-9H2,1-2H3. The first-order valence-electron chi connectivity index (χ1n) is 7.38. The summed E-state index contributed by atoms with van der Waals surface area (Å²) in [7, 11) is 0. The van der Waals surface area contributed by atoms with Gasteiger partial charge >= 0.3 is 5.97 Å². The first-order valence-corrected chi connectivity index (χ1v) is 7.38. The van der Waals surface area contributed by atoms with Gasteiger partial charge in [-0.15, -0.1) is 0 Å². The molecule has 3 heteroatoms. The monoisotopic (exact) mass is 264 g/mol. The van der Waals surface area contributed by atoms with Gasteiger partial charge in [0.15, 0.2) is 0 Å². The van der Waals surface area contributed by atoms with Crippen molar-refractivity contribution in [2.24, 2.45) is 17.8 Å². The second kappa shape index (κ2) is 5.89. The summed E-state index contributed by atoms with van der Waals surface area (Å²) in [5, 5.41) is 0. The van der Waals surface area contributed by atoms with E-state index in [-0.39, 0.29) is 23.8 Å². The van der Waals surface area contributed by atoms with Crippen molar-refractivity contribution in [2.45, 2.75) is 58.5 Å². The Labute approximate surface area is 115 Å². The van der Waals surface area contributed by atoms with E-state index in [4.69, 9.17) is 4.74 Å². The lowest BCUT2D eigenvalue weighted by molar-refractivity contribution is -0.139. The van der Waals surface area contributed by atoms with Crippen LogP contribution < -0.4 is 0 Å². The second-order valence-electron chi connectivity index (χ2n) is 6.21. The minimum absolute atomic E-state index is 0.0520. The predicted octanol–water partition coefficient (Wildman–Crippen LogP) is 3.28. The summed E-state index contributed by atoms with van der Waals surface area (Å²) in [5.74, 6) is 1.47. The largest absolute Gasteiger partial charge is 0.458 e. The summed E-state index contributed by atoms with van der Waals surface area (Å²) < 4.78 is 5.40. The third-order valence-electron chi connectivity index (χ3n) is 4.84. The molecule has 1 saturated heterocycles. The topological polar surface area (TPSA) is 43.4 Å². The third-order valence-corrected chi connectivity index (χ3v) is 4.84. The Balaban J connectivity index is 1.98. The van der Waals surface area contributed by atoms with Crippen molar-refractivity contribution in [1.29, 1.82) is 0 Å². The fourth-order valence-electron chi connectivity index (χ4n) is 3.45. The molecule has 2 fully saturated rings. The van der Waals surface area contributed by atoms with Crippen LogP contribution in [0.25, 0.3) is 0 Å². The molecule has 1 aliphatic heterocycles. The van der Waals surface area contributed by atoms with Gasteiger partial charge in [0.05, 0.1) is 0 Å². The highest BCUT2D eigenvalue weighted by atomic mass is 16.6. The molecule has 0 spiro atoms. The lowest BCUT2D eigenvalue weighted by Gasteiger charge is -2.30. The Morgan fingerprint density at radius 1 is 1.32 bits per heavy atom. The van der Waals surface area contributed by atoms with Gasteiger partial charge in [0.2, 0.25) is 0 Å². The molecular weight excluding hydrogens is 240 g/mol. The fourth-order valence-corrected chi connectivity index (χ4v) is 3.45. The molecule has 3 nitrogen and oxygen atoms in total. The van der Waals surface area contributed by atoms with Crippen molar-refractivity contribution in [3.05, 3.63) is 12.2 Å². The van der Waals surface area contributed by atoms with Crippen LogP contribution in [0.2, 0.25) is 0 Å². The van der Waals surface area contributed by atoms with E-state index >= 15 is 0 Å². The van der Waals surface area contributed by atoms with E-state index in [2.05, 4.69) is 13.5 Å². The lowest BCUT2D eigenvalue weighted by Crippen LogP contribution is -2.25. The van der Waals surface area contributed by atoms with Crippen molar-refractivity contribution in [3.63, 3.8) is 0 Å². The maximum Gasteiger partial charge on any atom is 0.334 e. The van der Waals surface area contributed by atoms with Crippen molar-refractivity contribution in [2.75, 3.05) is 0 Å². The van der Waals surface area contributed by atoms with Gasteiger partial charge in [0.1, 0.15) is 11.9 Å². The molecule has 4 atom stereocenters. The summed E-state index contributed by atoms with van der Waals surface area (Å²) in [6.07, 6.45) is 5.77. The maximum atomic E-state index is 11.6. The molecule has 106 valence electrons. The molecule has 2 aliphatic rings.